The summed E-state index contributed by atoms with van der Waals surface area (Å²) in [6.07, 6.45) is 3.16. The molecule has 0 unspecified atom stereocenters. The second-order valence-corrected chi connectivity index (χ2v) is 4.32. The first-order chi connectivity index (χ1) is 5.65. The zero-order chi connectivity index (χ0) is 9.14. The molecule has 1 saturated heterocycles. The van der Waals surface area contributed by atoms with Crippen molar-refractivity contribution >= 4 is 15.9 Å². The zero-order valence-corrected chi connectivity index (χ0v) is 9.43. The Labute approximate surface area is 83.3 Å². The van der Waals surface area contributed by atoms with Gasteiger partial charge in [-0.2, -0.15) is 0 Å². The first kappa shape index (κ1) is 10.3. The Balaban J connectivity index is 2.56. The van der Waals surface area contributed by atoms with Gasteiger partial charge in [0, 0.05) is 11.2 Å². The molecule has 1 heterocycles. The molecular formula is C10H17BrO. The van der Waals surface area contributed by atoms with Crippen molar-refractivity contribution in [1.82, 2.24) is 0 Å². The second kappa shape index (κ2) is 4.43. The normalized spacial score (nSPS) is 36.4. The summed E-state index contributed by atoms with van der Waals surface area (Å²) in [4.78, 5) is 0. The number of ether oxygens (including phenoxy) is 1. The Morgan fingerprint density at radius 1 is 1.58 bits per heavy atom. The highest BCUT2D eigenvalue weighted by molar-refractivity contribution is 9.09. The topological polar surface area (TPSA) is 9.23 Å². The minimum atomic E-state index is 0.339. The molecule has 0 saturated carbocycles. The molecule has 12 heavy (non-hydrogen) atoms. The van der Waals surface area contributed by atoms with Crippen molar-refractivity contribution < 1.29 is 4.74 Å². The van der Waals surface area contributed by atoms with E-state index in [1.807, 2.05) is 0 Å². The average molecular weight is 233 g/mol. The van der Waals surface area contributed by atoms with Crippen molar-refractivity contribution in [2.45, 2.75) is 38.9 Å². The fourth-order valence-corrected chi connectivity index (χ4v) is 2.37. The largest absolute Gasteiger partial charge is 0.374 e. The standard InChI is InChI=1S/C10H17BrO/c1-7(2)9-5-4-8(3)12-10(9)6-11/h8-10H,1,4-6H2,2-3H3/t8-,9-,10+/m0/s1. The van der Waals surface area contributed by atoms with Crippen molar-refractivity contribution in [3.05, 3.63) is 12.2 Å². The maximum Gasteiger partial charge on any atom is 0.0740 e. The smallest absolute Gasteiger partial charge is 0.0740 e. The van der Waals surface area contributed by atoms with Gasteiger partial charge in [0.2, 0.25) is 0 Å². The predicted octanol–water partition coefficient (Wildman–Crippen LogP) is 3.14. The van der Waals surface area contributed by atoms with Crippen molar-refractivity contribution in [3.63, 3.8) is 0 Å². The average Bonchev–Trinajstić information content (AvgIpc) is 2.03. The summed E-state index contributed by atoms with van der Waals surface area (Å²) in [6.45, 7) is 8.24. The number of rotatable bonds is 2. The molecule has 1 aliphatic rings. The molecular weight excluding hydrogens is 216 g/mol. The maximum atomic E-state index is 5.80. The van der Waals surface area contributed by atoms with Crippen LogP contribution in [0.4, 0.5) is 0 Å². The Kier molecular flexibility index (Phi) is 3.78. The van der Waals surface area contributed by atoms with Gasteiger partial charge in [-0.15, -0.1) is 0 Å². The molecule has 0 N–H and O–H groups in total. The van der Waals surface area contributed by atoms with E-state index in [0.717, 1.165) is 5.33 Å². The van der Waals surface area contributed by atoms with Crippen molar-refractivity contribution in [2.24, 2.45) is 5.92 Å². The van der Waals surface area contributed by atoms with E-state index in [1.165, 1.54) is 18.4 Å². The van der Waals surface area contributed by atoms with Gasteiger partial charge in [-0.3, -0.25) is 0 Å². The molecule has 1 aliphatic heterocycles. The van der Waals surface area contributed by atoms with Crippen LogP contribution < -0.4 is 0 Å². The molecule has 0 aromatic rings. The number of halogens is 1. The summed E-state index contributed by atoms with van der Waals surface area (Å²) in [7, 11) is 0. The highest BCUT2D eigenvalue weighted by Gasteiger charge is 2.28. The van der Waals surface area contributed by atoms with Gasteiger partial charge in [0.15, 0.2) is 0 Å². The van der Waals surface area contributed by atoms with E-state index >= 15 is 0 Å². The molecule has 2 heteroatoms. The van der Waals surface area contributed by atoms with Crippen LogP contribution in [0.3, 0.4) is 0 Å². The molecule has 1 fully saturated rings. The van der Waals surface area contributed by atoms with Crippen LogP contribution in [0, 0.1) is 5.92 Å². The van der Waals surface area contributed by atoms with Gasteiger partial charge in [-0.05, 0) is 26.7 Å². The predicted molar refractivity (Wildman–Crippen MR) is 55.7 cm³/mol. The molecule has 0 aromatic carbocycles. The van der Waals surface area contributed by atoms with Crippen LogP contribution in [0.15, 0.2) is 12.2 Å². The summed E-state index contributed by atoms with van der Waals surface area (Å²) in [5, 5.41) is 0.925. The van der Waals surface area contributed by atoms with Gasteiger partial charge in [0.05, 0.1) is 12.2 Å². The van der Waals surface area contributed by atoms with Gasteiger partial charge in [0.25, 0.3) is 0 Å². The lowest BCUT2D eigenvalue weighted by Crippen LogP contribution is -2.35. The SMILES string of the molecule is C=C(C)[C@@H]1CC[C@H](C)O[C@@H]1CBr. The Morgan fingerprint density at radius 3 is 2.75 bits per heavy atom. The van der Waals surface area contributed by atoms with E-state index in [2.05, 4.69) is 36.4 Å². The quantitative estimate of drug-likeness (QED) is 0.526. The number of alkyl halides is 1. The molecule has 70 valence electrons. The third-order valence-electron chi connectivity index (χ3n) is 2.53. The van der Waals surface area contributed by atoms with E-state index in [0.29, 0.717) is 18.1 Å². The number of hydrogen-bond acceptors (Lipinski definition) is 1. The van der Waals surface area contributed by atoms with Crippen molar-refractivity contribution in [1.29, 1.82) is 0 Å². The molecule has 1 rings (SSSR count). The number of hydrogen-bond donors (Lipinski definition) is 0. The van der Waals surface area contributed by atoms with Crippen LogP contribution in [-0.2, 0) is 4.74 Å². The van der Waals surface area contributed by atoms with Crippen molar-refractivity contribution in [2.75, 3.05) is 5.33 Å². The molecule has 0 bridgehead atoms. The van der Waals surface area contributed by atoms with Crippen molar-refractivity contribution in [3.8, 4) is 0 Å². The van der Waals surface area contributed by atoms with Gasteiger partial charge < -0.3 is 4.74 Å². The molecule has 0 amide bonds. The molecule has 0 aliphatic carbocycles. The Morgan fingerprint density at radius 2 is 2.25 bits per heavy atom. The monoisotopic (exact) mass is 232 g/mol. The van der Waals surface area contributed by atoms with Crippen LogP contribution in [0.2, 0.25) is 0 Å². The van der Waals surface area contributed by atoms with E-state index in [1.54, 1.807) is 0 Å². The lowest BCUT2D eigenvalue weighted by Gasteiger charge is -2.34. The fraction of sp³-hybridized carbons (Fsp3) is 0.800. The highest BCUT2D eigenvalue weighted by atomic mass is 79.9. The fourth-order valence-electron chi connectivity index (χ4n) is 1.77. The molecule has 3 atom stereocenters. The third-order valence-corrected chi connectivity index (χ3v) is 3.16. The lowest BCUT2D eigenvalue weighted by atomic mass is 9.88. The summed E-state index contributed by atoms with van der Waals surface area (Å²) < 4.78 is 5.80. The highest BCUT2D eigenvalue weighted by Crippen LogP contribution is 2.30. The van der Waals surface area contributed by atoms with E-state index < -0.39 is 0 Å². The Hall–Kier alpha value is 0.180. The first-order valence-electron chi connectivity index (χ1n) is 4.52. The van der Waals surface area contributed by atoms with E-state index in [4.69, 9.17) is 4.74 Å². The first-order valence-corrected chi connectivity index (χ1v) is 5.64. The van der Waals surface area contributed by atoms with E-state index in [-0.39, 0.29) is 0 Å². The third kappa shape index (κ3) is 2.33. The summed E-state index contributed by atoms with van der Waals surface area (Å²) in [5.74, 6) is 0.556. The van der Waals surface area contributed by atoms with Crippen LogP contribution in [0.25, 0.3) is 0 Å². The Bertz CT molecular complexity index is 167. The van der Waals surface area contributed by atoms with Gasteiger partial charge in [0.1, 0.15) is 0 Å². The molecule has 0 aromatic heterocycles. The summed E-state index contributed by atoms with van der Waals surface area (Å²) in [5.41, 5.74) is 1.26. The minimum Gasteiger partial charge on any atom is -0.374 e. The summed E-state index contributed by atoms with van der Waals surface area (Å²) in [6, 6.07) is 0. The second-order valence-electron chi connectivity index (χ2n) is 3.67. The minimum absolute atomic E-state index is 0.339. The van der Waals surface area contributed by atoms with Crippen LogP contribution in [0.1, 0.15) is 26.7 Å². The van der Waals surface area contributed by atoms with Crippen LogP contribution in [0.5, 0.6) is 0 Å². The molecule has 0 spiro atoms. The van der Waals surface area contributed by atoms with Gasteiger partial charge in [-0.1, -0.05) is 28.1 Å². The van der Waals surface area contributed by atoms with Crippen LogP contribution >= 0.6 is 15.9 Å². The van der Waals surface area contributed by atoms with Crippen LogP contribution in [-0.4, -0.2) is 17.5 Å². The molecule has 1 nitrogen and oxygen atoms in total. The lowest BCUT2D eigenvalue weighted by molar-refractivity contribution is -0.0512. The van der Waals surface area contributed by atoms with E-state index in [9.17, 15) is 0 Å². The summed E-state index contributed by atoms with van der Waals surface area (Å²) >= 11 is 3.48. The van der Waals surface area contributed by atoms with Gasteiger partial charge >= 0.3 is 0 Å². The van der Waals surface area contributed by atoms with Gasteiger partial charge in [-0.25, -0.2) is 0 Å². The molecule has 0 radical (unpaired) electrons. The maximum absolute atomic E-state index is 5.80. The zero-order valence-electron chi connectivity index (χ0n) is 7.85.